The van der Waals surface area contributed by atoms with Crippen molar-refractivity contribution in [2.45, 2.75) is 19.8 Å². The third kappa shape index (κ3) is 4.56. The van der Waals surface area contributed by atoms with Crippen LogP contribution in [0.3, 0.4) is 0 Å². The van der Waals surface area contributed by atoms with Crippen LogP contribution >= 0.6 is 0 Å². The van der Waals surface area contributed by atoms with Crippen molar-refractivity contribution < 1.29 is 9.59 Å². The number of benzene rings is 1. The van der Waals surface area contributed by atoms with Gasteiger partial charge >= 0.3 is 0 Å². The summed E-state index contributed by atoms with van der Waals surface area (Å²) in [7, 11) is 1.66. The van der Waals surface area contributed by atoms with Crippen LogP contribution in [0, 0.1) is 12.8 Å². The van der Waals surface area contributed by atoms with E-state index in [0.717, 1.165) is 30.6 Å². The molecule has 21 heavy (non-hydrogen) atoms. The molecule has 1 aromatic rings. The van der Waals surface area contributed by atoms with E-state index in [4.69, 9.17) is 0 Å². The van der Waals surface area contributed by atoms with Crippen molar-refractivity contribution in [1.82, 2.24) is 10.2 Å². The standard InChI is InChI=1S/C16H23N3O2/c1-12-5-7-14(8-6-12)18-15(20)11-19-9-3-4-13(10-19)16(21)17-2/h5-8,13H,3-4,9-11H2,1-2H3,(H,17,21)(H,18,20). The number of rotatable bonds is 4. The first kappa shape index (κ1) is 15.5. The lowest BCUT2D eigenvalue weighted by atomic mass is 9.97. The molecule has 0 aliphatic carbocycles. The van der Waals surface area contributed by atoms with E-state index < -0.39 is 0 Å². The summed E-state index contributed by atoms with van der Waals surface area (Å²) >= 11 is 0. The van der Waals surface area contributed by atoms with Crippen molar-refractivity contribution in [3.63, 3.8) is 0 Å². The average molecular weight is 289 g/mol. The van der Waals surface area contributed by atoms with Gasteiger partial charge in [0.2, 0.25) is 11.8 Å². The molecule has 1 fully saturated rings. The van der Waals surface area contributed by atoms with Crippen LogP contribution in [0.15, 0.2) is 24.3 Å². The van der Waals surface area contributed by atoms with Crippen LogP contribution in [-0.2, 0) is 9.59 Å². The Morgan fingerprint density at radius 1 is 1.29 bits per heavy atom. The van der Waals surface area contributed by atoms with E-state index in [1.807, 2.05) is 36.1 Å². The molecule has 1 unspecified atom stereocenters. The summed E-state index contributed by atoms with van der Waals surface area (Å²) < 4.78 is 0. The van der Waals surface area contributed by atoms with Crippen molar-refractivity contribution in [2.75, 3.05) is 32.0 Å². The van der Waals surface area contributed by atoms with Gasteiger partial charge in [-0.3, -0.25) is 14.5 Å². The Kier molecular flexibility index (Phi) is 5.33. The zero-order chi connectivity index (χ0) is 15.2. The first-order valence-electron chi connectivity index (χ1n) is 7.39. The van der Waals surface area contributed by atoms with Crippen LogP contribution in [0.2, 0.25) is 0 Å². The van der Waals surface area contributed by atoms with E-state index in [0.29, 0.717) is 13.1 Å². The molecule has 1 heterocycles. The zero-order valence-electron chi connectivity index (χ0n) is 12.7. The number of hydrogen-bond acceptors (Lipinski definition) is 3. The summed E-state index contributed by atoms with van der Waals surface area (Å²) in [4.78, 5) is 25.8. The quantitative estimate of drug-likeness (QED) is 0.880. The van der Waals surface area contributed by atoms with Gasteiger partial charge in [0.25, 0.3) is 0 Å². The van der Waals surface area contributed by atoms with Crippen LogP contribution in [0.4, 0.5) is 5.69 Å². The minimum Gasteiger partial charge on any atom is -0.359 e. The maximum atomic E-state index is 12.1. The fraction of sp³-hybridized carbons (Fsp3) is 0.500. The number of amides is 2. The Bertz CT molecular complexity index is 499. The lowest BCUT2D eigenvalue weighted by molar-refractivity contribution is -0.127. The van der Waals surface area contributed by atoms with Gasteiger partial charge in [-0.2, -0.15) is 0 Å². The summed E-state index contributed by atoms with van der Waals surface area (Å²) in [5.41, 5.74) is 1.97. The molecule has 0 spiro atoms. The predicted molar refractivity (Wildman–Crippen MR) is 83.0 cm³/mol. The number of piperidine rings is 1. The Hall–Kier alpha value is -1.88. The van der Waals surface area contributed by atoms with Gasteiger partial charge < -0.3 is 10.6 Å². The first-order chi connectivity index (χ1) is 10.1. The predicted octanol–water partition coefficient (Wildman–Crippen LogP) is 1.39. The Morgan fingerprint density at radius 2 is 2.00 bits per heavy atom. The van der Waals surface area contributed by atoms with E-state index in [-0.39, 0.29) is 17.7 Å². The van der Waals surface area contributed by atoms with E-state index in [9.17, 15) is 9.59 Å². The molecule has 5 heteroatoms. The maximum absolute atomic E-state index is 12.1. The van der Waals surface area contributed by atoms with Crippen LogP contribution in [0.1, 0.15) is 18.4 Å². The molecule has 0 aromatic heterocycles. The molecule has 1 aliphatic rings. The number of hydrogen-bond donors (Lipinski definition) is 2. The normalized spacial score (nSPS) is 19.0. The molecule has 2 N–H and O–H groups in total. The first-order valence-corrected chi connectivity index (χ1v) is 7.39. The number of nitrogens with one attached hydrogen (secondary N) is 2. The molecule has 0 saturated carbocycles. The second kappa shape index (κ2) is 7.22. The van der Waals surface area contributed by atoms with Crippen molar-refractivity contribution >= 4 is 17.5 Å². The summed E-state index contributed by atoms with van der Waals surface area (Å²) in [6.07, 6.45) is 1.85. The number of anilines is 1. The average Bonchev–Trinajstić information content (AvgIpc) is 2.49. The molecule has 5 nitrogen and oxygen atoms in total. The van der Waals surface area contributed by atoms with Crippen molar-refractivity contribution in [3.05, 3.63) is 29.8 Å². The van der Waals surface area contributed by atoms with Crippen molar-refractivity contribution in [3.8, 4) is 0 Å². The zero-order valence-corrected chi connectivity index (χ0v) is 12.7. The van der Waals surface area contributed by atoms with Crippen molar-refractivity contribution in [1.29, 1.82) is 0 Å². The summed E-state index contributed by atoms with van der Waals surface area (Å²) in [5, 5.41) is 5.58. The topological polar surface area (TPSA) is 61.4 Å². The van der Waals surface area contributed by atoms with Crippen LogP contribution in [0.25, 0.3) is 0 Å². The highest BCUT2D eigenvalue weighted by atomic mass is 16.2. The van der Waals surface area contributed by atoms with Crippen LogP contribution in [0.5, 0.6) is 0 Å². The van der Waals surface area contributed by atoms with Crippen LogP contribution < -0.4 is 10.6 Å². The molecule has 114 valence electrons. The Morgan fingerprint density at radius 3 is 2.67 bits per heavy atom. The van der Waals surface area contributed by atoms with Gasteiger partial charge in [0, 0.05) is 19.3 Å². The van der Waals surface area contributed by atoms with Gasteiger partial charge in [-0.15, -0.1) is 0 Å². The Labute approximate surface area is 125 Å². The summed E-state index contributed by atoms with van der Waals surface area (Å²) in [6, 6.07) is 7.74. The SMILES string of the molecule is CNC(=O)C1CCCN(CC(=O)Nc2ccc(C)cc2)C1. The fourth-order valence-corrected chi connectivity index (χ4v) is 2.66. The van der Waals surface area contributed by atoms with Gasteiger partial charge in [-0.25, -0.2) is 0 Å². The van der Waals surface area contributed by atoms with Gasteiger partial charge in [0.15, 0.2) is 0 Å². The van der Waals surface area contributed by atoms with E-state index in [1.54, 1.807) is 7.05 Å². The summed E-state index contributed by atoms with van der Waals surface area (Å²) in [5.74, 6) is 0.0333. The maximum Gasteiger partial charge on any atom is 0.238 e. The van der Waals surface area contributed by atoms with Gasteiger partial charge in [-0.05, 0) is 38.4 Å². The molecule has 2 amide bonds. The number of nitrogens with zero attached hydrogens (tertiary/aromatic N) is 1. The lowest BCUT2D eigenvalue weighted by Gasteiger charge is -2.31. The highest BCUT2D eigenvalue weighted by molar-refractivity contribution is 5.92. The molecular weight excluding hydrogens is 266 g/mol. The molecular formula is C16H23N3O2. The molecule has 1 saturated heterocycles. The van der Waals surface area contributed by atoms with E-state index in [2.05, 4.69) is 10.6 Å². The minimum absolute atomic E-state index is 0.00377. The monoisotopic (exact) mass is 289 g/mol. The fourth-order valence-electron chi connectivity index (χ4n) is 2.66. The number of carbonyl (C=O) groups is 2. The summed E-state index contributed by atoms with van der Waals surface area (Å²) in [6.45, 7) is 3.87. The number of carbonyl (C=O) groups excluding carboxylic acids is 2. The Balaban J connectivity index is 1.84. The van der Waals surface area contributed by atoms with E-state index >= 15 is 0 Å². The number of likely N-dealkylation sites (tertiary alicyclic amines) is 1. The largest absolute Gasteiger partial charge is 0.359 e. The van der Waals surface area contributed by atoms with Crippen molar-refractivity contribution in [2.24, 2.45) is 5.92 Å². The van der Waals surface area contributed by atoms with Gasteiger partial charge in [-0.1, -0.05) is 17.7 Å². The second-order valence-electron chi connectivity index (χ2n) is 5.60. The van der Waals surface area contributed by atoms with Crippen LogP contribution in [-0.4, -0.2) is 43.4 Å². The molecule has 0 radical (unpaired) electrons. The minimum atomic E-state index is -0.0311. The number of aryl methyl sites for hydroxylation is 1. The highest BCUT2D eigenvalue weighted by Gasteiger charge is 2.25. The molecule has 0 bridgehead atoms. The molecule has 1 aromatic carbocycles. The third-order valence-corrected chi connectivity index (χ3v) is 3.83. The second-order valence-corrected chi connectivity index (χ2v) is 5.60. The molecule has 1 aliphatic heterocycles. The van der Waals surface area contributed by atoms with Gasteiger partial charge in [0.05, 0.1) is 12.5 Å². The lowest BCUT2D eigenvalue weighted by Crippen LogP contribution is -2.44. The smallest absolute Gasteiger partial charge is 0.238 e. The van der Waals surface area contributed by atoms with E-state index in [1.165, 1.54) is 0 Å². The highest BCUT2D eigenvalue weighted by Crippen LogP contribution is 2.16. The third-order valence-electron chi connectivity index (χ3n) is 3.83. The van der Waals surface area contributed by atoms with Gasteiger partial charge in [0.1, 0.15) is 0 Å². The molecule has 2 rings (SSSR count). The molecule has 1 atom stereocenters.